The van der Waals surface area contributed by atoms with Crippen molar-refractivity contribution in [1.82, 2.24) is 15.1 Å². The number of Topliss-reactive ketones (excluding diaryl/α,β-unsaturated/α-hetero) is 1. The van der Waals surface area contributed by atoms with Gasteiger partial charge in [0.25, 0.3) is 5.91 Å². The third-order valence-corrected chi connectivity index (χ3v) is 8.13. The predicted molar refractivity (Wildman–Crippen MR) is 156 cm³/mol. The number of fused-ring (bicyclic) bond motifs is 1. The van der Waals surface area contributed by atoms with Gasteiger partial charge in [-0.1, -0.05) is 27.2 Å². The van der Waals surface area contributed by atoms with Crippen molar-refractivity contribution in [2.24, 2.45) is 5.92 Å². The monoisotopic (exact) mass is 552 g/mol. The number of likely N-dealkylation sites (N-methyl/N-ethyl adjacent to an activating group) is 1. The number of carbonyl (C=O) groups excluding carboxylic acids is 3. The van der Waals surface area contributed by atoms with Gasteiger partial charge in [0.2, 0.25) is 5.91 Å². The summed E-state index contributed by atoms with van der Waals surface area (Å²) in [6.07, 6.45) is 4.47. The van der Waals surface area contributed by atoms with Gasteiger partial charge in [0, 0.05) is 44.0 Å². The van der Waals surface area contributed by atoms with E-state index in [9.17, 15) is 14.4 Å². The molecule has 1 saturated carbocycles. The van der Waals surface area contributed by atoms with Crippen LogP contribution in [0.15, 0.2) is 24.3 Å². The van der Waals surface area contributed by atoms with Crippen LogP contribution in [0.2, 0.25) is 0 Å². The second-order valence-corrected chi connectivity index (χ2v) is 10.0. The first-order chi connectivity index (χ1) is 16.5. The molecule has 2 amide bonds. The molecule has 0 unspecified atom stereocenters. The molecule has 37 heavy (non-hydrogen) atoms. The predicted octanol–water partition coefficient (Wildman–Crippen LogP) is 2.55. The van der Waals surface area contributed by atoms with Crippen molar-refractivity contribution in [3.63, 3.8) is 0 Å². The molecule has 3 atom stereocenters. The lowest BCUT2D eigenvalue weighted by atomic mass is 9.95. The lowest BCUT2D eigenvalue weighted by Gasteiger charge is -2.35. The summed E-state index contributed by atoms with van der Waals surface area (Å²) in [7, 11) is 0. The molecule has 8 nitrogen and oxygen atoms in total. The number of nitrogens with zero attached hydrogens (tertiary/aromatic N) is 3. The maximum absolute atomic E-state index is 13.6. The number of anilines is 1. The number of benzene rings is 1. The van der Waals surface area contributed by atoms with Crippen LogP contribution in [0.5, 0.6) is 0 Å². The summed E-state index contributed by atoms with van der Waals surface area (Å²) in [5.41, 5.74) is 1.69. The number of likely N-dealkylation sites (tertiary alicyclic amines) is 1. The maximum Gasteiger partial charge on any atom is 0.251 e. The molecule has 5 rings (SSSR count). The van der Waals surface area contributed by atoms with Gasteiger partial charge < -0.3 is 24.8 Å². The van der Waals surface area contributed by atoms with E-state index < -0.39 is 12.1 Å². The summed E-state index contributed by atoms with van der Waals surface area (Å²) in [5, 5.41) is 3.06. The van der Waals surface area contributed by atoms with E-state index in [1.165, 1.54) is 0 Å². The molecule has 3 aliphatic heterocycles. The smallest absolute Gasteiger partial charge is 0.251 e. The molecule has 1 aliphatic carbocycles. The van der Waals surface area contributed by atoms with E-state index in [2.05, 4.69) is 22.0 Å². The van der Waals surface area contributed by atoms with Crippen molar-refractivity contribution in [3.8, 4) is 0 Å². The van der Waals surface area contributed by atoms with Crippen molar-refractivity contribution >= 4 is 50.3 Å². The number of ether oxygens (including phenoxy) is 1. The Morgan fingerprint density at radius 1 is 1.00 bits per heavy atom. The van der Waals surface area contributed by atoms with Gasteiger partial charge in [0.05, 0.1) is 6.10 Å². The SMILES string of the molecule is C.CCN1CCN(c2ccc(C(=O)N[C@H](C(=O)N3CC[C@H]4OCC(=O)[C@H]43)C3CCCC3)cc2)CC1.S.S. The first kappa shape index (κ1) is 31.5. The normalized spacial score (nSPS) is 24.5. The number of hydrogen-bond donors (Lipinski definition) is 1. The van der Waals surface area contributed by atoms with Gasteiger partial charge in [0.1, 0.15) is 18.7 Å². The van der Waals surface area contributed by atoms with Crippen LogP contribution in [0.4, 0.5) is 5.69 Å². The minimum Gasteiger partial charge on any atom is -0.369 e. The summed E-state index contributed by atoms with van der Waals surface area (Å²) in [4.78, 5) is 45.6. The summed E-state index contributed by atoms with van der Waals surface area (Å²) < 4.78 is 5.56. The van der Waals surface area contributed by atoms with Crippen LogP contribution in [0.1, 0.15) is 56.8 Å². The lowest BCUT2D eigenvalue weighted by Crippen LogP contribution is -2.54. The Balaban J connectivity index is 0.00000160. The molecule has 4 fully saturated rings. The number of piperazine rings is 1. The zero-order valence-electron chi connectivity index (χ0n) is 21.1. The maximum atomic E-state index is 13.6. The van der Waals surface area contributed by atoms with Crippen LogP contribution >= 0.6 is 27.0 Å². The Bertz CT molecular complexity index is 917. The third kappa shape index (κ3) is 6.64. The van der Waals surface area contributed by atoms with Crippen LogP contribution in [-0.2, 0) is 14.3 Å². The number of rotatable bonds is 6. The Hall–Kier alpha value is -1.75. The number of amides is 2. The Labute approximate surface area is 235 Å². The molecule has 1 N–H and O–H groups in total. The van der Waals surface area contributed by atoms with Gasteiger partial charge in [-0.25, -0.2) is 0 Å². The topological polar surface area (TPSA) is 82.2 Å². The molecule has 0 radical (unpaired) electrons. The first-order valence-corrected chi connectivity index (χ1v) is 12.9. The quantitative estimate of drug-likeness (QED) is 0.584. The average molecular weight is 553 g/mol. The molecule has 10 heteroatoms. The molecule has 0 aromatic heterocycles. The first-order valence-electron chi connectivity index (χ1n) is 12.9. The fourth-order valence-corrected chi connectivity index (χ4v) is 6.06. The van der Waals surface area contributed by atoms with Crippen LogP contribution in [0.3, 0.4) is 0 Å². The van der Waals surface area contributed by atoms with Crippen LogP contribution in [-0.4, -0.2) is 91.5 Å². The van der Waals surface area contributed by atoms with Crippen molar-refractivity contribution < 1.29 is 19.1 Å². The molecule has 3 saturated heterocycles. The van der Waals surface area contributed by atoms with Crippen molar-refractivity contribution in [2.45, 2.75) is 64.6 Å². The van der Waals surface area contributed by atoms with Gasteiger partial charge in [-0.2, -0.15) is 27.0 Å². The van der Waals surface area contributed by atoms with E-state index >= 15 is 0 Å². The van der Waals surface area contributed by atoms with Gasteiger partial charge in [-0.15, -0.1) is 0 Å². The van der Waals surface area contributed by atoms with Crippen molar-refractivity contribution in [1.29, 1.82) is 0 Å². The van der Waals surface area contributed by atoms with E-state index in [-0.39, 0.29) is 70.6 Å². The van der Waals surface area contributed by atoms with E-state index in [0.29, 0.717) is 18.5 Å². The minimum absolute atomic E-state index is 0. The van der Waals surface area contributed by atoms with E-state index in [0.717, 1.165) is 64.1 Å². The van der Waals surface area contributed by atoms with E-state index in [4.69, 9.17) is 4.74 Å². The fourth-order valence-electron chi connectivity index (χ4n) is 6.06. The molecule has 0 bridgehead atoms. The number of ketones is 1. The van der Waals surface area contributed by atoms with Gasteiger partial charge in [0.15, 0.2) is 5.78 Å². The van der Waals surface area contributed by atoms with Gasteiger partial charge in [-0.05, 0) is 56.0 Å². The molecule has 1 aromatic carbocycles. The van der Waals surface area contributed by atoms with E-state index in [1.54, 1.807) is 4.90 Å². The van der Waals surface area contributed by atoms with Crippen LogP contribution in [0, 0.1) is 5.92 Å². The average Bonchev–Trinajstić information content (AvgIpc) is 3.62. The van der Waals surface area contributed by atoms with Crippen LogP contribution in [0.25, 0.3) is 0 Å². The minimum atomic E-state index is -0.594. The lowest BCUT2D eigenvalue weighted by molar-refractivity contribution is -0.139. The van der Waals surface area contributed by atoms with Gasteiger partial charge in [-0.3, -0.25) is 14.4 Å². The number of carbonyl (C=O) groups is 3. The number of nitrogens with one attached hydrogen (secondary N) is 1. The standard InChI is InChI=1S/C26H36N4O4.CH4.2H2S/c1-2-28-13-15-29(16-14-28)20-9-7-19(8-10-20)25(32)27-23(18-5-3-4-6-18)26(33)30-12-11-22-24(30)21(31)17-34-22;;;/h7-10,18,22-24H,2-6,11-17H2,1H3,(H,27,32);1H4;2*1H2/t22-,23+,24-;;;/m1.../s1. The third-order valence-electron chi connectivity index (χ3n) is 8.13. The molecule has 3 heterocycles. The molecule has 208 valence electrons. The zero-order chi connectivity index (χ0) is 23.7. The number of hydrogen-bond acceptors (Lipinski definition) is 6. The second-order valence-electron chi connectivity index (χ2n) is 10.0. The highest BCUT2D eigenvalue weighted by molar-refractivity contribution is 7.59. The summed E-state index contributed by atoms with van der Waals surface area (Å²) in [6.45, 7) is 7.93. The largest absolute Gasteiger partial charge is 0.369 e. The second kappa shape index (κ2) is 13.9. The summed E-state index contributed by atoms with van der Waals surface area (Å²) >= 11 is 0. The highest BCUT2D eigenvalue weighted by Crippen LogP contribution is 2.32. The molecule has 1 aromatic rings. The summed E-state index contributed by atoms with van der Waals surface area (Å²) in [5.74, 6) is -0.265. The van der Waals surface area contributed by atoms with E-state index in [1.807, 2.05) is 24.3 Å². The molecule has 0 spiro atoms. The summed E-state index contributed by atoms with van der Waals surface area (Å²) in [6, 6.07) is 6.63. The van der Waals surface area contributed by atoms with Crippen LogP contribution < -0.4 is 10.2 Å². The molecular formula is C27H44N4O4S2. The fraction of sp³-hybridized carbons (Fsp3) is 0.667. The highest BCUT2D eigenvalue weighted by Gasteiger charge is 2.49. The molecule has 4 aliphatic rings. The molecular weight excluding hydrogens is 508 g/mol. The Kier molecular flexibility index (Phi) is 11.8. The highest BCUT2D eigenvalue weighted by atomic mass is 32.1. The zero-order valence-corrected chi connectivity index (χ0v) is 23.1. The van der Waals surface area contributed by atoms with Crippen molar-refractivity contribution in [3.05, 3.63) is 29.8 Å². The Morgan fingerprint density at radius 2 is 1.65 bits per heavy atom. The Morgan fingerprint density at radius 3 is 2.27 bits per heavy atom. The van der Waals surface area contributed by atoms with Gasteiger partial charge >= 0.3 is 0 Å². The van der Waals surface area contributed by atoms with Crippen molar-refractivity contribution in [2.75, 3.05) is 50.8 Å².